The van der Waals surface area contributed by atoms with Crippen LogP contribution in [-0.4, -0.2) is 61.3 Å². The summed E-state index contributed by atoms with van der Waals surface area (Å²) in [6, 6.07) is -0.126. The van der Waals surface area contributed by atoms with E-state index in [9.17, 15) is 4.79 Å². The maximum atomic E-state index is 11.6. The van der Waals surface area contributed by atoms with Crippen LogP contribution in [0.2, 0.25) is 0 Å². The van der Waals surface area contributed by atoms with Gasteiger partial charge in [0.1, 0.15) is 0 Å². The van der Waals surface area contributed by atoms with Gasteiger partial charge in [-0.2, -0.15) is 23.5 Å². The molecular formula is C11H22N2O2S2. The molecule has 17 heavy (non-hydrogen) atoms. The van der Waals surface area contributed by atoms with E-state index >= 15 is 0 Å². The largest absolute Gasteiger partial charge is 0.383 e. The number of carbonyl (C=O) groups is 1. The molecule has 4 nitrogen and oxygen atoms in total. The summed E-state index contributed by atoms with van der Waals surface area (Å²) >= 11 is 4.01. The summed E-state index contributed by atoms with van der Waals surface area (Å²) in [5, 5.41) is 6.77. The van der Waals surface area contributed by atoms with Crippen molar-refractivity contribution in [1.82, 2.24) is 10.6 Å². The number of carbonyl (C=O) groups excluding carboxylic acids is 1. The van der Waals surface area contributed by atoms with Crippen LogP contribution in [0.25, 0.3) is 0 Å². The van der Waals surface area contributed by atoms with E-state index in [1.165, 1.54) is 17.3 Å². The van der Waals surface area contributed by atoms with Gasteiger partial charge in [-0.1, -0.05) is 0 Å². The number of rotatable bonds is 7. The molecule has 1 fully saturated rings. The second-order valence-electron chi connectivity index (χ2n) is 3.98. The van der Waals surface area contributed by atoms with Crippen LogP contribution in [-0.2, 0) is 9.53 Å². The first-order chi connectivity index (χ1) is 8.24. The van der Waals surface area contributed by atoms with Gasteiger partial charge in [0.25, 0.3) is 0 Å². The highest BCUT2D eigenvalue weighted by Crippen LogP contribution is 2.23. The van der Waals surface area contributed by atoms with Crippen LogP contribution in [0.1, 0.15) is 6.92 Å². The first kappa shape index (κ1) is 15.1. The molecule has 0 spiro atoms. The molecule has 6 heteroatoms. The minimum atomic E-state index is -0.126. The summed E-state index contributed by atoms with van der Waals surface area (Å²) in [6.45, 7) is 3.96. The molecule has 0 aromatic carbocycles. The zero-order valence-corrected chi connectivity index (χ0v) is 12.2. The van der Waals surface area contributed by atoms with Gasteiger partial charge in [-0.3, -0.25) is 4.79 Å². The van der Waals surface area contributed by atoms with E-state index in [1.54, 1.807) is 7.11 Å². The fourth-order valence-corrected chi connectivity index (χ4v) is 4.11. The lowest BCUT2D eigenvalue weighted by atomic mass is 10.3. The summed E-state index contributed by atoms with van der Waals surface area (Å²) in [5.41, 5.74) is 0. The van der Waals surface area contributed by atoms with E-state index in [-0.39, 0.29) is 11.9 Å². The second kappa shape index (κ2) is 9.08. The Morgan fingerprint density at radius 3 is 3.00 bits per heavy atom. The number of amides is 1. The smallest absolute Gasteiger partial charge is 0.236 e. The van der Waals surface area contributed by atoms with Gasteiger partial charge in [-0.25, -0.2) is 0 Å². The van der Waals surface area contributed by atoms with Crippen LogP contribution in [0.3, 0.4) is 0 Å². The number of hydrogen-bond donors (Lipinski definition) is 2. The Balaban J connectivity index is 2.10. The van der Waals surface area contributed by atoms with E-state index in [0.717, 1.165) is 6.54 Å². The van der Waals surface area contributed by atoms with Gasteiger partial charge < -0.3 is 15.4 Å². The van der Waals surface area contributed by atoms with Crippen molar-refractivity contribution in [2.75, 3.05) is 44.1 Å². The van der Waals surface area contributed by atoms with Gasteiger partial charge in [0.15, 0.2) is 0 Å². The molecule has 1 amide bonds. The van der Waals surface area contributed by atoms with E-state index in [2.05, 4.69) is 10.6 Å². The normalized spacial score (nSPS) is 22.1. The molecule has 2 N–H and O–H groups in total. The number of ether oxygens (including phenoxy) is 1. The summed E-state index contributed by atoms with van der Waals surface area (Å²) in [6.07, 6.45) is 0. The number of thioether (sulfide) groups is 2. The van der Waals surface area contributed by atoms with Crippen LogP contribution in [0.4, 0.5) is 0 Å². The molecule has 1 heterocycles. The molecule has 1 aliphatic rings. The van der Waals surface area contributed by atoms with E-state index < -0.39 is 0 Å². The summed E-state index contributed by atoms with van der Waals surface area (Å²) in [5.74, 6) is 3.73. The molecule has 1 aliphatic heterocycles. The lowest BCUT2D eigenvalue weighted by Crippen LogP contribution is -2.45. The molecule has 2 unspecified atom stereocenters. The highest BCUT2D eigenvalue weighted by atomic mass is 32.2. The van der Waals surface area contributed by atoms with Crippen molar-refractivity contribution in [3.05, 3.63) is 0 Å². The number of nitrogens with one attached hydrogen (secondary N) is 2. The third-order valence-corrected chi connectivity index (χ3v) is 5.38. The molecule has 0 radical (unpaired) electrons. The van der Waals surface area contributed by atoms with Crippen LogP contribution in [0.15, 0.2) is 0 Å². The molecule has 2 atom stereocenters. The number of hydrogen-bond acceptors (Lipinski definition) is 5. The molecule has 0 saturated carbocycles. The average Bonchev–Trinajstić information content (AvgIpc) is 2.37. The predicted molar refractivity (Wildman–Crippen MR) is 75.9 cm³/mol. The standard InChI is InChI=1S/C11H22N2O2S2/c1-9(11(14)12-3-4-15-2)13-7-10-8-16-5-6-17-10/h9-10,13H,3-8H2,1-2H3,(H,12,14). The lowest BCUT2D eigenvalue weighted by Gasteiger charge is -2.23. The van der Waals surface area contributed by atoms with Gasteiger partial charge in [0.2, 0.25) is 5.91 Å². The predicted octanol–water partition coefficient (Wildman–Crippen LogP) is 0.576. The quantitative estimate of drug-likeness (QED) is 0.667. The summed E-state index contributed by atoms with van der Waals surface area (Å²) in [4.78, 5) is 11.6. The maximum absolute atomic E-state index is 11.6. The molecule has 1 rings (SSSR count). The zero-order valence-electron chi connectivity index (χ0n) is 10.5. The van der Waals surface area contributed by atoms with Crippen LogP contribution < -0.4 is 10.6 Å². The first-order valence-corrected chi connectivity index (χ1v) is 8.13. The van der Waals surface area contributed by atoms with E-state index in [4.69, 9.17) is 4.74 Å². The maximum Gasteiger partial charge on any atom is 0.236 e. The third kappa shape index (κ3) is 6.55. The molecular weight excluding hydrogens is 256 g/mol. The second-order valence-corrected chi connectivity index (χ2v) is 6.54. The highest BCUT2D eigenvalue weighted by Gasteiger charge is 2.17. The molecule has 0 aliphatic carbocycles. The SMILES string of the molecule is COCCNC(=O)C(C)NCC1CSCCS1. The zero-order chi connectivity index (χ0) is 12.5. The van der Waals surface area contributed by atoms with Crippen LogP contribution >= 0.6 is 23.5 Å². The lowest BCUT2D eigenvalue weighted by molar-refractivity contribution is -0.122. The minimum absolute atomic E-state index is 0.0514. The van der Waals surface area contributed by atoms with Crippen molar-refractivity contribution in [2.45, 2.75) is 18.2 Å². The first-order valence-electron chi connectivity index (χ1n) is 5.93. The minimum Gasteiger partial charge on any atom is -0.383 e. The van der Waals surface area contributed by atoms with E-state index in [0.29, 0.717) is 18.4 Å². The molecule has 0 aromatic rings. The van der Waals surface area contributed by atoms with Gasteiger partial charge in [0, 0.05) is 42.7 Å². The Bertz CT molecular complexity index is 224. The highest BCUT2D eigenvalue weighted by molar-refractivity contribution is 8.06. The van der Waals surface area contributed by atoms with Gasteiger partial charge in [0.05, 0.1) is 12.6 Å². The number of methoxy groups -OCH3 is 1. The molecule has 0 aromatic heterocycles. The van der Waals surface area contributed by atoms with Crippen molar-refractivity contribution in [3.63, 3.8) is 0 Å². The van der Waals surface area contributed by atoms with Crippen molar-refractivity contribution >= 4 is 29.4 Å². The topological polar surface area (TPSA) is 50.4 Å². The Morgan fingerprint density at radius 1 is 1.53 bits per heavy atom. The molecule has 0 bridgehead atoms. The Kier molecular flexibility index (Phi) is 8.09. The van der Waals surface area contributed by atoms with Gasteiger partial charge in [-0.15, -0.1) is 0 Å². The molecule has 100 valence electrons. The fraction of sp³-hybridized carbons (Fsp3) is 0.909. The Labute approximate surface area is 112 Å². The van der Waals surface area contributed by atoms with Crippen molar-refractivity contribution < 1.29 is 9.53 Å². The summed E-state index contributed by atoms with van der Waals surface area (Å²) < 4.78 is 4.89. The monoisotopic (exact) mass is 278 g/mol. The van der Waals surface area contributed by atoms with Gasteiger partial charge in [-0.05, 0) is 6.92 Å². The van der Waals surface area contributed by atoms with Crippen LogP contribution in [0, 0.1) is 0 Å². The van der Waals surface area contributed by atoms with Gasteiger partial charge >= 0.3 is 0 Å². The third-order valence-electron chi connectivity index (χ3n) is 2.54. The molecule has 1 saturated heterocycles. The Hall–Kier alpha value is 0.0900. The fourth-order valence-electron chi connectivity index (χ4n) is 1.48. The van der Waals surface area contributed by atoms with Crippen molar-refractivity contribution in [3.8, 4) is 0 Å². The van der Waals surface area contributed by atoms with Crippen molar-refractivity contribution in [1.29, 1.82) is 0 Å². The summed E-state index contributed by atoms with van der Waals surface area (Å²) in [7, 11) is 1.63. The van der Waals surface area contributed by atoms with Crippen molar-refractivity contribution in [2.24, 2.45) is 0 Å². The van der Waals surface area contributed by atoms with E-state index in [1.807, 2.05) is 30.4 Å². The van der Waals surface area contributed by atoms with Crippen LogP contribution in [0.5, 0.6) is 0 Å². The Morgan fingerprint density at radius 2 is 2.35 bits per heavy atom. The average molecular weight is 278 g/mol.